The van der Waals surface area contributed by atoms with E-state index in [9.17, 15) is 0 Å². The molecule has 0 atom stereocenters. The number of para-hydroxylation sites is 3. The Morgan fingerprint density at radius 3 is 1.93 bits per heavy atom. The molecule has 3 heteroatoms. The lowest BCUT2D eigenvalue weighted by atomic mass is 9.98. The van der Waals surface area contributed by atoms with Crippen molar-refractivity contribution in [2.24, 2.45) is 0 Å². The minimum atomic E-state index is 0.831. The summed E-state index contributed by atoms with van der Waals surface area (Å²) in [6, 6.07) is 34.1. The van der Waals surface area contributed by atoms with Gasteiger partial charge in [0.25, 0.3) is 0 Å². The van der Waals surface area contributed by atoms with Gasteiger partial charge < -0.3 is 13.8 Å². The number of hydrogen-bond acceptors (Lipinski definition) is 2. The molecule has 0 aliphatic carbocycles. The molecule has 3 nitrogen and oxygen atoms in total. The van der Waals surface area contributed by atoms with Crippen LogP contribution in [0.3, 0.4) is 0 Å². The third-order valence-electron chi connectivity index (χ3n) is 7.93. The van der Waals surface area contributed by atoms with E-state index in [4.69, 9.17) is 8.83 Å². The Morgan fingerprint density at radius 2 is 1.25 bits per heavy atom. The number of hydrogen-bond donors (Lipinski definition) is 1. The van der Waals surface area contributed by atoms with Crippen molar-refractivity contribution >= 4 is 66.9 Å². The van der Waals surface area contributed by atoms with E-state index in [0.717, 1.165) is 77.5 Å². The molecule has 0 saturated carbocycles. The van der Waals surface area contributed by atoms with Crippen LogP contribution >= 0.6 is 0 Å². The molecule has 3 aromatic heterocycles. The van der Waals surface area contributed by atoms with Gasteiger partial charge >= 0.3 is 0 Å². The maximum atomic E-state index is 6.36. The fourth-order valence-corrected chi connectivity index (χ4v) is 6.08. The largest absolute Gasteiger partial charge is 0.455 e. The van der Waals surface area contributed by atoms with Crippen LogP contribution in [0.2, 0.25) is 0 Å². The monoisotopic (exact) mass is 515 g/mol. The molecule has 0 unspecified atom stereocenters. The molecule has 0 amide bonds. The van der Waals surface area contributed by atoms with Crippen molar-refractivity contribution in [2.45, 2.75) is 6.92 Å². The number of fused-ring (bicyclic) bond motifs is 7. The Kier molecular flexibility index (Phi) is 4.89. The van der Waals surface area contributed by atoms with E-state index in [0.29, 0.717) is 0 Å². The molecule has 0 spiro atoms. The zero-order valence-corrected chi connectivity index (χ0v) is 22.0. The molecule has 0 aliphatic heterocycles. The molecule has 5 aromatic carbocycles. The zero-order valence-electron chi connectivity index (χ0n) is 22.0. The number of aromatic amines is 1. The van der Waals surface area contributed by atoms with E-state index >= 15 is 0 Å². The first-order valence-corrected chi connectivity index (χ1v) is 13.5. The number of benzene rings is 5. The van der Waals surface area contributed by atoms with Crippen molar-refractivity contribution in [3.8, 4) is 22.3 Å². The highest BCUT2D eigenvalue weighted by molar-refractivity contribution is 6.13. The van der Waals surface area contributed by atoms with E-state index in [-0.39, 0.29) is 0 Å². The second kappa shape index (κ2) is 8.62. The summed E-state index contributed by atoms with van der Waals surface area (Å²) in [6.07, 6.45) is 5.86. The van der Waals surface area contributed by atoms with Crippen LogP contribution in [0.25, 0.3) is 89.1 Å². The molecule has 3 heterocycles. The molecule has 0 bridgehead atoms. The minimum absolute atomic E-state index is 0.831. The lowest BCUT2D eigenvalue weighted by Gasteiger charge is -2.05. The van der Waals surface area contributed by atoms with Gasteiger partial charge in [-0.05, 0) is 54.5 Å². The molecule has 8 rings (SSSR count). The van der Waals surface area contributed by atoms with Crippen LogP contribution in [0.15, 0.2) is 119 Å². The van der Waals surface area contributed by atoms with Crippen LogP contribution in [0.5, 0.6) is 0 Å². The number of nitrogens with one attached hydrogen (secondary N) is 1. The molecule has 0 aliphatic rings. The van der Waals surface area contributed by atoms with Gasteiger partial charge in [0.2, 0.25) is 0 Å². The van der Waals surface area contributed by atoms with Crippen LogP contribution in [0.4, 0.5) is 0 Å². The predicted octanol–water partition coefficient (Wildman–Crippen LogP) is 11.0. The molecular formula is C37H25NO2. The third kappa shape index (κ3) is 3.25. The van der Waals surface area contributed by atoms with Crippen molar-refractivity contribution in [3.63, 3.8) is 0 Å². The third-order valence-corrected chi connectivity index (χ3v) is 7.93. The molecule has 1 N–H and O–H groups in total. The quantitative estimate of drug-likeness (QED) is 0.253. The smallest absolute Gasteiger partial charge is 0.143 e. The summed E-state index contributed by atoms with van der Waals surface area (Å²) >= 11 is 0. The topological polar surface area (TPSA) is 42.1 Å². The first kappa shape index (κ1) is 22.7. The van der Waals surface area contributed by atoms with Crippen LogP contribution in [0, 0.1) is 0 Å². The average Bonchev–Trinajstić information content (AvgIpc) is 3.67. The normalized spacial score (nSPS) is 12.1. The number of H-pyrrole nitrogens is 1. The van der Waals surface area contributed by atoms with Crippen LogP contribution in [-0.4, -0.2) is 4.98 Å². The highest BCUT2D eigenvalue weighted by atomic mass is 16.3. The van der Waals surface area contributed by atoms with Crippen molar-refractivity contribution in [1.82, 2.24) is 4.98 Å². The van der Waals surface area contributed by atoms with E-state index in [2.05, 4.69) is 96.5 Å². The fourth-order valence-electron chi connectivity index (χ4n) is 6.08. The van der Waals surface area contributed by atoms with Gasteiger partial charge in [-0.2, -0.15) is 0 Å². The van der Waals surface area contributed by atoms with Crippen molar-refractivity contribution < 1.29 is 8.83 Å². The van der Waals surface area contributed by atoms with Crippen LogP contribution < -0.4 is 0 Å². The highest BCUT2D eigenvalue weighted by Gasteiger charge is 2.16. The van der Waals surface area contributed by atoms with Crippen molar-refractivity contribution in [3.05, 3.63) is 121 Å². The summed E-state index contributed by atoms with van der Waals surface area (Å²) in [4.78, 5) is 3.60. The first-order chi connectivity index (χ1) is 19.7. The van der Waals surface area contributed by atoms with Crippen LogP contribution in [0.1, 0.15) is 18.2 Å². The van der Waals surface area contributed by atoms with Gasteiger partial charge in [0.15, 0.2) is 0 Å². The fraction of sp³-hybridized carbons (Fsp3) is 0.0270. The van der Waals surface area contributed by atoms with Crippen LogP contribution in [-0.2, 0) is 0 Å². The molecule has 0 radical (unpaired) electrons. The average molecular weight is 516 g/mol. The Morgan fingerprint density at radius 1 is 0.625 bits per heavy atom. The lowest BCUT2D eigenvalue weighted by molar-refractivity contribution is 0.604. The van der Waals surface area contributed by atoms with E-state index in [1.807, 2.05) is 37.3 Å². The summed E-state index contributed by atoms with van der Waals surface area (Å²) < 4.78 is 12.7. The maximum absolute atomic E-state index is 6.36. The summed E-state index contributed by atoms with van der Waals surface area (Å²) in [5.41, 5.74) is 10.3. The van der Waals surface area contributed by atoms with Gasteiger partial charge in [0.1, 0.15) is 22.5 Å². The Balaban J connectivity index is 1.33. The molecule has 0 fully saturated rings. The highest BCUT2D eigenvalue weighted by Crippen LogP contribution is 2.40. The van der Waals surface area contributed by atoms with Gasteiger partial charge in [0, 0.05) is 54.7 Å². The number of furan rings is 2. The van der Waals surface area contributed by atoms with Gasteiger partial charge in [-0.1, -0.05) is 85.5 Å². The van der Waals surface area contributed by atoms with Gasteiger partial charge in [0.05, 0.1) is 0 Å². The molecule has 0 saturated heterocycles. The molecule has 8 aromatic rings. The number of rotatable bonds is 4. The second-order valence-electron chi connectivity index (χ2n) is 10.2. The van der Waals surface area contributed by atoms with E-state index in [1.165, 1.54) is 10.8 Å². The summed E-state index contributed by atoms with van der Waals surface area (Å²) in [6.45, 7) is 6.02. The minimum Gasteiger partial charge on any atom is -0.455 e. The van der Waals surface area contributed by atoms with Gasteiger partial charge in [-0.3, -0.25) is 0 Å². The van der Waals surface area contributed by atoms with Gasteiger partial charge in [-0.25, -0.2) is 0 Å². The SMILES string of the molecule is C=Cc1c(/C=C\C)oc2c(-c3ccc4[nH]c5ccc(-c6cccc7c6oc6ccccc67)cc5c4c3)cccc12. The molecule has 40 heavy (non-hydrogen) atoms. The Bertz CT molecular complexity index is 2300. The Hall–Kier alpha value is -5.28. The number of aromatic nitrogens is 1. The standard InChI is InChI=1S/C37H25NO2/c1-3-9-34-24(4-2)28-13-7-11-25(36(28)39-34)22-16-18-32-30(20-22)31-21-23(17-19-33(31)38-32)26-12-8-14-29-27-10-5-6-15-35(27)40-37(26)29/h3-21,38H,2H2,1H3/b9-3-. The lowest BCUT2D eigenvalue weighted by Crippen LogP contribution is -1.80. The molecular weight excluding hydrogens is 490 g/mol. The molecule has 190 valence electrons. The van der Waals surface area contributed by atoms with E-state index in [1.54, 1.807) is 0 Å². The summed E-state index contributed by atoms with van der Waals surface area (Å²) in [5.74, 6) is 0.831. The zero-order chi connectivity index (χ0) is 26.8. The second-order valence-corrected chi connectivity index (χ2v) is 10.2. The Labute approximate surface area is 230 Å². The maximum Gasteiger partial charge on any atom is 0.143 e. The van der Waals surface area contributed by atoms with Gasteiger partial charge in [-0.15, -0.1) is 0 Å². The van der Waals surface area contributed by atoms with E-state index < -0.39 is 0 Å². The summed E-state index contributed by atoms with van der Waals surface area (Å²) in [7, 11) is 0. The summed E-state index contributed by atoms with van der Waals surface area (Å²) in [5, 5.41) is 5.70. The predicted molar refractivity (Wildman–Crippen MR) is 169 cm³/mol. The van der Waals surface area contributed by atoms with Crippen molar-refractivity contribution in [1.29, 1.82) is 0 Å². The van der Waals surface area contributed by atoms with Crippen molar-refractivity contribution in [2.75, 3.05) is 0 Å². The first-order valence-electron chi connectivity index (χ1n) is 13.5. The number of allylic oxidation sites excluding steroid dienone is 1.